The average molecular weight is 406 g/mol. The fraction of sp³-hybridized carbons (Fsp3) is 1.00. The molecule has 0 radical (unpaired) electrons. The van der Waals surface area contributed by atoms with Crippen LogP contribution in [0.15, 0.2) is 0 Å². The van der Waals surface area contributed by atoms with Crippen molar-refractivity contribution in [3.8, 4) is 0 Å². The Labute approximate surface area is 179 Å². The second kappa shape index (κ2) is 8.43. The Morgan fingerprint density at radius 3 is 2.52 bits per heavy atom. The maximum absolute atomic E-state index is 11.6. The molecule has 0 saturated heterocycles. The average Bonchev–Trinajstić information content (AvgIpc) is 3.05. The van der Waals surface area contributed by atoms with E-state index in [9.17, 15) is 10.2 Å². The number of rotatable bonds is 6. The zero-order valence-corrected chi connectivity index (χ0v) is 19.5. The molecule has 0 unspecified atom stereocenters. The number of nitrogens with one attached hydrogen (secondary N) is 1. The fourth-order valence-corrected chi connectivity index (χ4v) is 9.13. The molecule has 0 spiro atoms. The monoisotopic (exact) mass is 405 g/mol. The molecule has 4 aliphatic carbocycles. The Hall–Kier alpha value is -0.120. The van der Waals surface area contributed by atoms with Gasteiger partial charge in [-0.25, -0.2) is 0 Å². The van der Waals surface area contributed by atoms with Gasteiger partial charge in [0.15, 0.2) is 0 Å². The van der Waals surface area contributed by atoms with Gasteiger partial charge in [-0.2, -0.15) is 0 Å². The molecule has 4 aliphatic rings. The normalized spacial score (nSPS) is 50.5. The summed E-state index contributed by atoms with van der Waals surface area (Å²) < 4.78 is 0. The molecular weight excluding hydrogens is 358 g/mol. The van der Waals surface area contributed by atoms with Crippen molar-refractivity contribution in [2.45, 2.75) is 104 Å². The van der Waals surface area contributed by atoms with Crippen molar-refractivity contribution in [1.82, 2.24) is 5.32 Å². The minimum atomic E-state index is -0.136. The van der Waals surface area contributed by atoms with Gasteiger partial charge in [0.1, 0.15) is 0 Å². The van der Waals surface area contributed by atoms with Crippen LogP contribution in [0.3, 0.4) is 0 Å². The van der Waals surface area contributed by atoms with Crippen LogP contribution in [0.1, 0.15) is 91.4 Å². The van der Waals surface area contributed by atoms with Crippen LogP contribution in [0.5, 0.6) is 0 Å². The summed E-state index contributed by atoms with van der Waals surface area (Å²) in [7, 11) is 2.04. The summed E-state index contributed by atoms with van der Waals surface area (Å²) in [5.41, 5.74) is 0.474. The highest BCUT2D eigenvalue weighted by molar-refractivity contribution is 5.12. The molecule has 3 nitrogen and oxygen atoms in total. The zero-order chi connectivity index (χ0) is 20.8. The van der Waals surface area contributed by atoms with Crippen LogP contribution in [0, 0.1) is 46.3 Å². The molecule has 4 saturated carbocycles. The van der Waals surface area contributed by atoms with Gasteiger partial charge < -0.3 is 15.5 Å². The van der Waals surface area contributed by atoms with E-state index in [-0.39, 0.29) is 17.6 Å². The van der Waals surface area contributed by atoms with Gasteiger partial charge in [0.25, 0.3) is 0 Å². The molecule has 0 aromatic carbocycles. The highest BCUT2D eigenvalue weighted by atomic mass is 16.3. The summed E-state index contributed by atoms with van der Waals surface area (Å²) in [6.45, 7) is 8.58. The molecule has 0 bridgehead atoms. The first-order valence-electron chi connectivity index (χ1n) is 12.8. The molecule has 0 aromatic rings. The van der Waals surface area contributed by atoms with Gasteiger partial charge >= 0.3 is 0 Å². The lowest BCUT2D eigenvalue weighted by Crippen LogP contribution is -2.58. The SMILES string of the molecule is CNCCCC[C@@H](C)[C@H]1CC[C@H]2[C@@H]3CC[C@@H]4C[C@H](O)CC[C@]4(C)[C@H]3C[C@H](O)[C@]12C. The minimum Gasteiger partial charge on any atom is -0.393 e. The Morgan fingerprint density at radius 1 is 0.966 bits per heavy atom. The van der Waals surface area contributed by atoms with E-state index in [1.54, 1.807) is 0 Å². The van der Waals surface area contributed by atoms with Gasteiger partial charge in [-0.3, -0.25) is 0 Å². The van der Waals surface area contributed by atoms with E-state index in [1.165, 1.54) is 51.4 Å². The third-order valence-electron chi connectivity index (χ3n) is 10.8. The van der Waals surface area contributed by atoms with Crippen LogP contribution in [0.4, 0.5) is 0 Å². The third-order valence-corrected chi connectivity index (χ3v) is 10.8. The highest BCUT2D eigenvalue weighted by Crippen LogP contribution is 2.68. The van der Waals surface area contributed by atoms with Gasteiger partial charge in [0.2, 0.25) is 0 Å². The van der Waals surface area contributed by atoms with Crippen LogP contribution in [0.25, 0.3) is 0 Å². The largest absolute Gasteiger partial charge is 0.393 e. The van der Waals surface area contributed by atoms with Crippen molar-refractivity contribution < 1.29 is 10.2 Å². The second-order valence-corrected chi connectivity index (χ2v) is 12.0. The van der Waals surface area contributed by atoms with Crippen LogP contribution in [-0.2, 0) is 0 Å². The Kier molecular flexibility index (Phi) is 6.42. The summed E-state index contributed by atoms with van der Waals surface area (Å²) in [5, 5.41) is 25.1. The van der Waals surface area contributed by atoms with Gasteiger partial charge in [-0.05, 0) is 118 Å². The molecule has 3 heteroatoms. The molecule has 4 rings (SSSR count). The summed E-state index contributed by atoms with van der Waals surface area (Å²) in [5.74, 6) is 4.28. The lowest BCUT2D eigenvalue weighted by molar-refractivity contribution is -0.174. The molecule has 29 heavy (non-hydrogen) atoms. The lowest BCUT2D eigenvalue weighted by Gasteiger charge is -2.62. The Balaban J connectivity index is 1.50. The van der Waals surface area contributed by atoms with Crippen molar-refractivity contribution >= 4 is 0 Å². The number of hydrogen-bond donors (Lipinski definition) is 3. The van der Waals surface area contributed by atoms with Crippen molar-refractivity contribution in [3.63, 3.8) is 0 Å². The van der Waals surface area contributed by atoms with Gasteiger partial charge in [-0.15, -0.1) is 0 Å². The predicted octanol–water partition coefficient (Wildman–Crippen LogP) is 5.00. The summed E-state index contributed by atoms with van der Waals surface area (Å²) in [4.78, 5) is 0. The van der Waals surface area contributed by atoms with E-state index in [2.05, 4.69) is 26.1 Å². The van der Waals surface area contributed by atoms with Crippen LogP contribution >= 0.6 is 0 Å². The van der Waals surface area contributed by atoms with E-state index in [1.807, 2.05) is 7.05 Å². The quantitative estimate of drug-likeness (QED) is 0.545. The molecule has 3 N–H and O–H groups in total. The molecule has 10 atom stereocenters. The first-order valence-corrected chi connectivity index (χ1v) is 12.8. The lowest BCUT2D eigenvalue weighted by atomic mass is 9.43. The summed E-state index contributed by atoms with van der Waals surface area (Å²) in [6, 6.07) is 0. The first kappa shape index (κ1) is 22.1. The van der Waals surface area contributed by atoms with E-state index in [0.29, 0.717) is 29.1 Å². The van der Waals surface area contributed by atoms with E-state index >= 15 is 0 Å². The zero-order valence-electron chi connectivity index (χ0n) is 19.5. The van der Waals surface area contributed by atoms with E-state index < -0.39 is 0 Å². The summed E-state index contributed by atoms with van der Waals surface area (Å²) >= 11 is 0. The maximum Gasteiger partial charge on any atom is 0.0602 e. The van der Waals surface area contributed by atoms with Gasteiger partial charge in [0, 0.05) is 0 Å². The van der Waals surface area contributed by atoms with E-state index in [4.69, 9.17) is 0 Å². The van der Waals surface area contributed by atoms with E-state index in [0.717, 1.165) is 37.6 Å². The number of aliphatic hydroxyl groups excluding tert-OH is 2. The number of fused-ring (bicyclic) bond motifs is 5. The Bertz CT molecular complexity index is 567. The third kappa shape index (κ3) is 3.61. The maximum atomic E-state index is 11.6. The number of aliphatic hydroxyl groups is 2. The molecule has 0 heterocycles. The molecule has 168 valence electrons. The van der Waals surface area contributed by atoms with Crippen molar-refractivity contribution in [1.29, 1.82) is 0 Å². The highest BCUT2D eigenvalue weighted by Gasteiger charge is 2.63. The molecule has 4 fully saturated rings. The fourth-order valence-electron chi connectivity index (χ4n) is 9.13. The summed E-state index contributed by atoms with van der Waals surface area (Å²) in [6.07, 6.45) is 13.2. The topological polar surface area (TPSA) is 52.5 Å². The Morgan fingerprint density at radius 2 is 1.76 bits per heavy atom. The van der Waals surface area contributed by atoms with Crippen LogP contribution < -0.4 is 5.32 Å². The molecule has 0 aromatic heterocycles. The van der Waals surface area contributed by atoms with Crippen molar-refractivity contribution in [3.05, 3.63) is 0 Å². The van der Waals surface area contributed by atoms with Gasteiger partial charge in [-0.1, -0.05) is 33.6 Å². The first-order chi connectivity index (χ1) is 13.8. The second-order valence-electron chi connectivity index (χ2n) is 12.0. The number of hydrogen-bond acceptors (Lipinski definition) is 3. The van der Waals surface area contributed by atoms with Crippen LogP contribution in [-0.4, -0.2) is 36.0 Å². The van der Waals surface area contributed by atoms with Gasteiger partial charge in [0.05, 0.1) is 12.2 Å². The molecule has 0 aliphatic heterocycles. The smallest absolute Gasteiger partial charge is 0.0602 e. The standard InChI is InChI=1S/C26H47NO2/c1-17(7-5-6-14-27-4)21-10-11-22-20-9-8-18-15-19(28)12-13-25(18,2)23(20)16-24(29)26(21,22)3/h17-24,27-29H,5-16H2,1-4H3/t17-,18-,19-,20+,21-,22+,23+,24+,25+,26-/m1/s1. The predicted molar refractivity (Wildman–Crippen MR) is 120 cm³/mol. The van der Waals surface area contributed by atoms with Crippen molar-refractivity contribution in [2.24, 2.45) is 46.3 Å². The molecular formula is C26H47NO2. The molecule has 0 amide bonds. The number of unbranched alkanes of at least 4 members (excludes halogenated alkanes) is 1. The van der Waals surface area contributed by atoms with Crippen molar-refractivity contribution in [2.75, 3.05) is 13.6 Å². The van der Waals surface area contributed by atoms with Crippen LogP contribution in [0.2, 0.25) is 0 Å². The minimum absolute atomic E-state index is 0.0805.